The minimum absolute atomic E-state index is 0.00901. The van der Waals surface area contributed by atoms with E-state index in [0.717, 1.165) is 48.6 Å². The first-order chi connectivity index (χ1) is 10.6. The molecule has 0 fully saturated rings. The monoisotopic (exact) mass is 321 g/mol. The van der Waals surface area contributed by atoms with E-state index in [1.54, 1.807) is 10.9 Å². The normalized spacial score (nSPS) is 15.0. The van der Waals surface area contributed by atoms with Gasteiger partial charge in [0.05, 0.1) is 22.0 Å². The molecule has 3 heterocycles. The van der Waals surface area contributed by atoms with E-state index in [9.17, 15) is 4.79 Å². The predicted molar refractivity (Wildman–Crippen MR) is 84.9 cm³/mol. The Morgan fingerprint density at radius 3 is 2.95 bits per heavy atom. The first-order valence-corrected chi connectivity index (χ1v) is 7.96. The van der Waals surface area contributed by atoms with Crippen LogP contribution in [0.3, 0.4) is 0 Å². The lowest BCUT2D eigenvalue weighted by molar-refractivity contribution is 0.238. The molecule has 0 unspecified atom stereocenters. The first-order valence-electron chi connectivity index (χ1n) is 7.58. The third kappa shape index (κ3) is 3.08. The van der Waals surface area contributed by atoms with Crippen molar-refractivity contribution >= 4 is 11.6 Å². The highest BCUT2D eigenvalue weighted by Gasteiger charge is 2.22. The molecule has 0 bridgehead atoms. The van der Waals surface area contributed by atoms with E-state index in [-0.39, 0.29) is 5.56 Å². The van der Waals surface area contributed by atoms with E-state index in [1.165, 1.54) is 0 Å². The molecule has 2 aromatic heterocycles. The molecular weight excluding hydrogens is 302 g/mol. The number of aryl methyl sites for hydroxylation is 2. The second-order valence-corrected chi connectivity index (χ2v) is 6.15. The zero-order valence-corrected chi connectivity index (χ0v) is 13.7. The number of nitrogens with zero attached hydrogens (tertiary/aromatic N) is 4. The van der Waals surface area contributed by atoms with E-state index >= 15 is 0 Å². The van der Waals surface area contributed by atoms with Gasteiger partial charge in [0.15, 0.2) is 0 Å². The standard InChI is InChI=1S/C15H20ClN5O/c1-3-4-14-17-12-5-6-21(7-10(12)15(22)18-14)9-13-11(16)8-20(2)19-13/h8H,3-7,9H2,1-2H3,(H,17,18,22). The fourth-order valence-electron chi connectivity index (χ4n) is 2.85. The quantitative estimate of drug-likeness (QED) is 0.930. The number of aromatic amines is 1. The van der Waals surface area contributed by atoms with Gasteiger partial charge in [-0.2, -0.15) is 5.10 Å². The maximum atomic E-state index is 12.3. The molecule has 2 aromatic rings. The molecule has 0 saturated carbocycles. The molecule has 3 rings (SSSR count). The maximum absolute atomic E-state index is 12.3. The summed E-state index contributed by atoms with van der Waals surface area (Å²) in [5.74, 6) is 0.799. The third-order valence-electron chi connectivity index (χ3n) is 3.91. The summed E-state index contributed by atoms with van der Waals surface area (Å²) in [6.07, 6.45) is 4.38. The lowest BCUT2D eigenvalue weighted by Crippen LogP contribution is -2.36. The molecule has 0 amide bonds. The molecule has 1 N–H and O–H groups in total. The van der Waals surface area contributed by atoms with E-state index in [1.807, 2.05) is 7.05 Å². The van der Waals surface area contributed by atoms with Gasteiger partial charge in [-0.1, -0.05) is 18.5 Å². The topological polar surface area (TPSA) is 66.8 Å². The van der Waals surface area contributed by atoms with Crippen molar-refractivity contribution in [3.05, 3.63) is 44.3 Å². The average Bonchev–Trinajstić information content (AvgIpc) is 2.78. The molecule has 118 valence electrons. The van der Waals surface area contributed by atoms with E-state index in [2.05, 4.69) is 26.9 Å². The highest BCUT2D eigenvalue weighted by atomic mass is 35.5. The van der Waals surface area contributed by atoms with Gasteiger partial charge in [-0.25, -0.2) is 4.98 Å². The van der Waals surface area contributed by atoms with Gasteiger partial charge in [0.2, 0.25) is 0 Å². The Balaban J connectivity index is 1.79. The van der Waals surface area contributed by atoms with Gasteiger partial charge < -0.3 is 4.98 Å². The second kappa shape index (κ2) is 6.22. The van der Waals surface area contributed by atoms with Crippen molar-refractivity contribution in [2.45, 2.75) is 39.3 Å². The zero-order valence-electron chi connectivity index (χ0n) is 12.9. The van der Waals surface area contributed by atoms with Gasteiger partial charge in [-0.15, -0.1) is 0 Å². The summed E-state index contributed by atoms with van der Waals surface area (Å²) >= 11 is 6.16. The van der Waals surface area contributed by atoms with E-state index in [0.29, 0.717) is 18.1 Å². The van der Waals surface area contributed by atoms with Crippen LogP contribution in [0.4, 0.5) is 0 Å². The van der Waals surface area contributed by atoms with Crippen LogP contribution >= 0.6 is 11.6 Å². The van der Waals surface area contributed by atoms with Crippen molar-refractivity contribution in [1.82, 2.24) is 24.6 Å². The number of fused-ring (bicyclic) bond motifs is 1. The fourth-order valence-corrected chi connectivity index (χ4v) is 3.09. The first kappa shape index (κ1) is 15.2. The summed E-state index contributed by atoms with van der Waals surface area (Å²) < 4.78 is 1.71. The SMILES string of the molecule is CCCc1nc2c(c(=O)[nH]1)CN(Cc1nn(C)cc1Cl)CC2. The highest BCUT2D eigenvalue weighted by Crippen LogP contribution is 2.20. The number of hydrogen-bond donors (Lipinski definition) is 1. The van der Waals surface area contributed by atoms with E-state index in [4.69, 9.17) is 11.6 Å². The number of rotatable bonds is 4. The van der Waals surface area contributed by atoms with Crippen molar-refractivity contribution < 1.29 is 0 Å². The van der Waals surface area contributed by atoms with Gasteiger partial charge in [0, 0.05) is 45.7 Å². The molecule has 1 aliphatic heterocycles. The molecule has 22 heavy (non-hydrogen) atoms. The minimum Gasteiger partial charge on any atom is -0.310 e. The van der Waals surface area contributed by atoms with Crippen LogP contribution in [0.1, 0.15) is 36.1 Å². The fraction of sp³-hybridized carbons (Fsp3) is 0.533. The molecule has 0 atom stereocenters. The van der Waals surface area contributed by atoms with Crippen LogP contribution in [0, 0.1) is 0 Å². The van der Waals surface area contributed by atoms with E-state index < -0.39 is 0 Å². The summed E-state index contributed by atoms with van der Waals surface area (Å²) in [5.41, 5.74) is 2.55. The summed E-state index contributed by atoms with van der Waals surface area (Å²) in [4.78, 5) is 21.9. The molecule has 0 aliphatic carbocycles. The Bertz CT molecular complexity index is 736. The Labute approximate surface area is 134 Å². The molecule has 0 saturated heterocycles. The van der Waals surface area contributed by atoms with Crippen LogP contribution in [-0.4, -0.2) is 31.2 Å². The third-order valence-corrected chi connectivity index (χ3v) is 4.23. The van der Waals surface area contributed by atoms with Gasteiger partial charge in [0.25, 0.3) is 5.56 Å². The minimum atomic E-state index is -0.00901. The van der Waals surface area contributed by atoms with Crippen molar-refractivity contribution in [3.8, 4) is 0 Å². The Kier molecular flexibility index (Phi) is 4.31. The smallest absolute Gasteiger partial charge is 0.255 e. The molecule has 0 spiro atoms. The van der Waals surface area contributed by atoms with Crippen LogP contribution in [0.2, 0.25) is 5.02 Å². The lowest BCUT2D eigenvalue weighted by atomic mass is 10.1. The summed E-state index contributed by atoms with van der Waals surface area (Å²) in [6.45, 7) is 4.19. The van der Waals surface area contributed by atoms with Crippen LogP contribution in [-0.2, 0) is 33.0 Å². The molecule has 1 aliphatic rings. The molecule has 0 aromatic carbocycles. The summed E-state index contributed by atoms with van der Waals surface area (Å²) in [5, 5.41) is 5.03. The Morgan fingerprint density at radius 2 is 2.27 bits per heavy atom. The number of aromatic nitrogens is 4. The molecular formula is C15H20ClN5O. The number of halogens is 1. The number of nitrogens with one attached hydrogen (secondary N) is 1. The number of hydrogen-bond acceptors (Lipinski definition) is 4. The van der Waals surface area contributed by atoms with Crippen molar-refractivity contribution in [1.29, 1.82) is 0 Å². The Morgan fingerprint density at radius 1 is 1.45 bits per heavy atom. The lowest BCUT2D eigenvalue weighted by Gasteiger charge is -2.27. The molecule has 7 heteroatoms. The predicted octanol–water partition coefficient (Wildman–Crippen LogP) is 1.67. The van der Waals surface area contributed by atoms with Crippen LogP contribution in [0.15, 0.2) is 11.0 Å². The van der Waals surface area contributed by atoms with Gasteiger partial charge in [-0.3, -0.25) is 14.4 Å². The summed E-state index contributed by atoms with van der Waals surface area (Å²) in [6, 6.07) is 0. The molecule has 6 nitrogen and oxygen atoms in total. The molecule has 0 radical (unpaired) electrons. The van der Waals surface area contributed by atoms with Crippen LogP contribution < -0.4 is 5.56 Å². The maximum Gasteiger partial charge on any atom is 0.255 e. The Hall–Kier alpha value is -1.66. The van der Waals surface area contributed by atoms with Crippen molar-refractivity contribution in [3.63, 3.8) is 0 Å². The average molecular weight is 322 g/mol. The van der Waals surface area contributed by atoms with Crippen LogP contribution in [0.5, 0.6) is 0 Å². The van der Waals surface area contributed by atoms with Gasteiger partial charge in [0.1, 0.15) is 5.82 Å². The zero-order chi connectivity index (χ0) is 15.7. The van der Waals surface area contributed by atoms with Gasteiger partial charge in [-0.05, 0) is 6.42 Å². The summed E-state index contributed by atoms with van der Waals surface area (Å²) in [7, 11) is 1.85. The number of H-pyrrole nitrogens is 1. The highest BCUT2D eigenvalue weighted by molar-refractivity contribution is 6.31. The van der Waals surface area contributed by atoms with Crippen molar-refractivity contribution in [2.75, 3.05) is 6.54 Å². The van der Waals surface area contributed by atoms with Crippen molar-refractivity contribution in [2.24, 2.45) is 7.05 Å². The largest absolute Gasteiger partial charge is 0.310 e. The van der Waals surface area contributed by atoms with Gasteiger partial charge >= 0.3 is 0 Å². The van der Waals surface area contributed by atoms with Crippen LogP contribution in [0.25, 0.3) is 0 Å². The second-order valence-electron chi connectivity index (χ2n) is 5.75.